The topological polar surface area (TPSA) is 107 Å². The van der Waals surface area contributed by atoms with E-state index in [9.17, 15) is 0 Å². The van der Waals surface area contributed by atoms with Gasteiger partial charge in [-0.3, -0.25) is 0 Å². The summed E-state index contributed by atoms with van der Waals surface area (Å²) in [6.45, 7) is 0.940. The smallest absolute Gasteiger partial charge is 0.223 e. The van der Waals surface area contributed by atoms with Crippen molar-refractivity contribution in [2.75, 3.05) is 42.8 Å². The SMILES string of the molecule is CN(C)c1ccc(-c2ccnc(NC3COC4C(NC(=S)Nc5cccc(C#N)c5)COC34)n2)cc1. The maximum atomic E-state index is 9.08. The molecule has 2 fully saturated rings. The lowest BCUT2D eigenvalue weighted by Gasteiger charge is -2.20. The van der Waals surface area contributed by atoms with Crippen molar-refractivity contribution >= 4 is 34.7 Å². The summed E-state index contributed by atoms with van der Waals surface area (Å²) in [5, 5.41) is 19.3. The van der Waals surface area contributed by atoms with Crippen LogP contribution in [0.1, 0.15) is 5.56 Å². The van der Waals surface area contributed by atoms with Crippen molar-refractivity contribution in [2.45, 2.75) is 24.3 Å². The van der Waals surface area contributed by atoms with E-state index < -0.39 is 0 Å². The van der Waals surface area contributed by atoms with E-state index in [0.29, 0.717) is 29.8 Å². The number of thiocarbonyl (C=S) groups is 1. The van der Waals surface area contributed by atoms with Crippen molar-refractivity contribution in [1.29, 1.82) is 5.26 Å². The van der Waals surface area contributed by atoms with Gasteiger partial charge in [-0.05, 0) is 48.6 Å². The van der Waals surface area contributed by atoms with Gasteiger partial charge in [-0.15, -0.1) is 0 Å². The Morgan fingerprint density at radius 2 is 1.81 bits per heavy atom. The summed E-state index contributed by atoms with van der Waals surface area (Å²) >= 11 is 5.47. The molecule has 1 aromatic heterocycles. The molecule has 2 aromatic carbocycles. The third-order valence-electron chi connectivity index (χ3n) is 6.27. The van der Waals surface area contributed by atoms with Crippen molar-refractivity contribution < 1.29 is 9.47 Å². The number of ether oxygens (including phenoxy) is 2. The lowest BCUT2D eigenvalue weighted by atomic mass is 10.1. The number of fused-ring (bicyclic) bond motifs is 1. The summed E-state index contributed by atoms with van der Waals surface area (Å²) in [6.07, 6.45) is 1.44. The molecule has 0 radical (unpaired) electrons. The Labute approximate surface area is 215 Å². The summed E-state index contributed by atoms with van der Waals surface area (Å²) in [4.78, 5) is 11.2. The van der Waals surface area contributed by atoms with E-state index in [1.54, 1.807) is 18.3 Å². The highest BCUT2D eigenvalue weighted by Gasteiger charge is 2.48. The van der Waals surface area contributed by atoms with Gasteiger partial charge in [0.05, 0.1) is 42.6 Å². The van der Waals surface area contributed by atoms with Crippen LogP contribution in [0.4, 0.5) is 17.3 Å². The second kappa shape index (κ2) is 10.5. The number of rotatable bonds is 6. The normalized spacial score (nSPS) is 22.4. The minimum absolute atomic E-state index is 0.0815. The minimum atomic E-state index is -0.158. The molecular formula is C26H27N7O2S. The molecule has 184 valence electrons. The van der Waals surface area contributed by atoms with Crippen LogP contribution in [0.2, 0.25) is 0 Å². The van der Waals surface area contributed by atoms with E-state index >= 15 is 0 Å². The summed E-state index contributed by atoms with van der Waals surface area (Å²) < 4.78 is 12.1. The van der Waals surface area contributed by atoms with Gasteiger partial charge in [0, 0.05) is 37.2 Å². The first-order valence-corrected chi connectivity index (χ1v) is 12.1. The van der Waals surface area contributed by atoms with Gasteiger partial charge < -0.3 is 30.3 Å². The average Bonchev–Trinajstić information content (AvgIpc) is 3.47. The highest BCUT2D eigenvalue weighted by Crippen LogP contribution is 2.29. The Hall–Kier alpha value is -3.78. The van der Waals surface area contributed by atoms with E-state index in [1.807, 2.05) is 32.3 Å². The molecule has 36 heavy (non-hydrogen) atoms. The van der Waals surface area contributed by atoms with Crippen LogP contribution in [-0.4, -0.2) is 66.7 Å². The van der Waals surface area contributed by atoms with Crippen LogP contribution in [-0.2, 0) is 9.47 Å². The van der Waals surface area contributed by atoms with Gasteiger partial charge in [0.15, 0.2) is 5.11 Å². The molecule has 10 heteroatoms. The lowest BCUT2D eigenvalue weighted by molar-refractivity contribution is 0.0689. The Kier molecular flexibility index (Phi) is 6.95. The molecule has 0 bridgehead atoms. The van der Waals surface area contributed by atoms with Crippen LogP contribution in [0.5, 0.6) is 0 Å². The fraction of sp³-hybridized carbons (Fsp3) is 0.308. The molecule has 3 N–H and O–H groups in total. The third kappa shape index (κ3) is 5.23. The summed E-state index contributed by atoms with van der Waals surface area (Å²) in [7, 11) is 4.03. The largest absolute Gasteiger partial charge is 0.378 e. The first kappa shape index (κ1) is 23.9. The van der Waals surface area contributed by atoms with Gasteiger partial charge in [-0.2, -0.15) is 5.26 Å². The van der Waals surface area contributed by atoms with Gasteiger partial charge in [-0.1, -0.05) is 18.2 Å². The van der Waals surface area contributed by atoms with Crippen molar-refractivity contribution in [1.82, 2.24) is 15.3 Å². The molecule has 9 nitrogen and oxygen atoms in total. The standard InChI is InChI=1S/C26H27N7O2S/c1-33(2)19-8-6-17(7-9-19)20-10-11-28-25(30-20)31-21-14-34-24-22(15-35-23(21)24)32-26(36)29-18-5-3-4-16(12-18)13-27/h3-12,21-24H,14-15H2,1-2H3,(H,28,30,31)(H2,29,32,36). The molecule has 2 saturated heterocycles. The second-order valence-corrected chi connectivity index (χ2v) is 9.36. The molecule has 2 aliphatic heterocycles. The quantitative estimate of drug-likeness (QED) is 0.436. The van der Waals surface area contributed by atoms with Gasteiger partial charge in [0.25, 0.3) is 0 Å². The van der Waals surface area contributed by atoms with E-state index in [-0.39, 0.29) is 24.3 Å². The molecule has 0 saturated carbocycles. The van der Waals surface area contributed by atoms with E-state index in [0.717, 1.165) is 22.6 Å². The summed E-state index contributed by atoms with van der Waals surface area (Å²) in [6, 6.07) is 19.3. The molecule has 2 aliphatic rings. The number of nitrogens with zero attached hydrogens (tertiary/aromatic N) is 4. The summed E-state index contributed by atoms with van der Waals surface area (Å²) in [5.74, 6) is 0.535. The Bertz CT molecular complexity index is 1280. The van der Waals surface area contributed by atoms with Crippen molar-refractivity contribution in [3.8, 4) is 17.3 Å². The Balaban J connectivity index is 1.19. The van der Waals surface area contributed by atoms with E-state index in [2.05, 4.69) is 56.2 Å². The molecule has 3 aromatic rings. The Morgan fingerprint density at radius 3 is 2.56 bits per heavy atom. The Morgan fingerprint density at radius 1 is 1.06 bits per heavy atom. The van der Waals surface area contributed by atoms with Crippen LogP contribution in [0, 0.1) is 11.3 Å². The summed E-state index contributed by atoms with van der Waals surface area (Å²) in [5.41, 5.74) is 4.32. The van der Waals surface area contributed by atoms with Gasteiger partial charge in [0.1, 0.15) is 12.2 Å². The predicted octanol–water partition coefficient (Wildman–Crippen LogP) is 3.01. The van der Waals surface area contributed by atoms with E-state index in [1.165, 1.54) is 0 Å². The maximum Gasteiger partial charge on any atom is 0.223 e. The molecule has 0 amide bonds. The molecule has 3 heterocycles. The minimum Gasteiger partial charge on any atom is -0.378 e. The van der Waals surface area contributed by atoms with Crippen molar-refractivity contribution in [3.63, 3.8) is 0 Å². The molecule has 4 unspecified atom stereocenters. The van der Waals surface area contributed by atoms with Crippen LogP contribution in [0.25, 0.3) is 11.3 Å². The van der Waals surface area contributed by atoms with Gasteiger partial charge >= 0.3 is 0 Å². The average molecular weight is 502 g/mol. The number of benzene rings is 2. The number of nitriles is 1. The lowest BCUT2D eigenvalue weighted by Crippen LogP contribution is -2.46. The molecule has 5 rings (SSSR count). The number of anilines is 3. The third-order valence-corrected chi connectivity index (χ3v) is 6.49. The van der Waals surface area contributed by atoms with E-state index in [4.69, 9.17) is 31.9 Å². The highest BCUT2D eigenvalue weighted by atomic mass is 32.1. The first-order valence-electron chi connectivity index (χ1n) is 11.7. The number of nitrogens with one attached hydrogen (secondary N) is 3. The first-order chi connectivity index (χ1) is 17.5. The molecular weight excluding hydrogens is 474 g/mol. The van der Waals surface area contributed by atoms with Crippen LogP contribution < -0.4 is 20.9 Å². The molecule has 0 aliphatic carbocycles. The predicted molar refractivity (Wildman–Crippen MR) is 143 cm³/mol. The van der Waals surface area contributed by atoms with Crippen LogP contribution in [0.15, 0.2) is 60.8 Å². The van der Waals surface area contributed by atoms with Crippen LogP contribution >= 0.6 is 12.2 Å². The van der Waals surface area contributed by atoms with Crippen molar-refractivity contribution in [2.24, 2.45) is 0 Å². The number of hydrogen-bond donors (Lipinski definition) is 3. The molecule has 4 atom stereocenters. The monoisotopic (exact) mass is 501 g/mol. The zero-order valence-electron chi connectivity index (χ0n) is 20.0. The zero-order valence-corrected chi connectivity index (χ0v) is 20.8. The van der Waals surface area contributed by atoms with Gasteiger partial charge in [-0.25, -0.2) is 9.97 Å². The maximum absolute atomic E-state index is 9.08. The molecule has 0 spiro atoms. The van der Waals surface area contributed by atoms with Crippen molar-refractivity contribution in [3.05, 3.63) is 66.4 Å². The van der Waals surface area contributed by atoms with Crippen LogP contribution in [0.3, 0.4) is 0 Å². The number of hydrogen-bond acceptors (Lipinski definition) is 8. The number of aromatic nitrogens is 2. The van der Waals surface area contributed by atoms with Gasteiger partial charge in [0.2, 0.25) is 5.95 Å². The fourth-order valence-corrected chi connectivity index (χ4v) is 4.70. The zero-order chi connectivity index (χ0) is 25.1. The fourth-order valence-electron chi connectivity index (χ4n) is 4.43. The highest BCUT2D eigenvalue weighted by molar-refractivity contribution is 7.80. The second-order valence-electron chi connectivity index (χ2n) is 8.95.